The minimum Gasteiger partial charge on any atom is -0.356 e. The number of alkyl halides is 1. The molecule has 0 bridgehead atoms. The number of carbonyl (C=O) groups excluding carboxylic acids is 1. The van der Waals surface area contributed by atoms with Crippen LogP contribution in [0.4, 0.5) is 4.39 Å². The number of hydrogen-bond donors (Lipinski definition) is 2. The number of rotatable bonds is 8. The molecule has 6 nitrogen and oxygen atoms in total. The zero-order valence-corrected chi connectivity index (χ0v) is 21.8. The summed E-state index contributed by atoms with van der Waals surface area (Å²) in [5.74, 6) is -0.637. The van der Waals surface area contributed by atoms with Crippen LogP contribution in [0.5, 0.6) is 0 Å². The first kappa shape index (κ1) is 25.2. The molecule has 1 fully saturated rings. The molecule has 36 heavy (non-hydrogen) atoms. The number of H-pyrrole nitrogens is 1. The van der Waals surface area contributed by atoms with Gasteiger partial charge in [-0.2, -0.15) is 0 Å². The number of aromatic amines is 1. The van der Waals surface area contributed by atoms with E-state index in [4.69, 9.17) is 11.6 Å². The molecule has 192 valence electrons. The minimum atomic E-state index is -3.61. The van der Waals surface area contributed by atoms with Crippen LogP contribution >= 0.6 is 11.6 Å². The summed E-state index contributed by atoms with van der Waals surface area (Å²) in [5, 5.41) is 0.818. The predicted molar refractivity (Wildman–Crippen MR) is 139 cm³/mol. The quantitative estimate of drug-likeness (QED) is 0.381. The Morgan fingerprint density at radius 2 is 1.94 bits per heavy atom. The molecule has 1 amide bonds. The number of unbranched alkanes of at least 4 members (excludes halogenated alkanes) is 1. The van der Waals surface area contributed by atoms with Crippen LogP contribution in [0.15, 0.2) is 47.4 Å². The van der Waals surface area contributed by atoms with Crippen LogP contribution in [0.2, 0.25) is 0 Å². The van der Waals surface area contributed by atoms with Crippen LogP contribution in [-0.2, 0) is 21.2 Å². The van der Waals surface area contributed by atoms with Gasteiger partial charge in [-0.25, -0.2) is 17.5 Å². The van der Waals surface area contributed by atoms with Crippen molar-refractivity contribution in [2.24, 2.45) is 0 Å². The van der Waals surface area contributed by atoms with Gasteiger partial charge in [0.1, 0.15) is 11.7 Å². The Labute approximate surface area is 216 Å². The van der Waals surface area contributed by atoms with Crippen LogP contribution in [0, 0.1) is 5.82 Å². The molecule has 1 aromatic heterocycles. The topological polar surface area (TPSA) is 82.3 Å². The molecular weight excluding hydrogens is 501 g/mol. The Balaban J connectivity index is 1.59. The first-order chi connectivity index (χ1) is 17.3. The number of nitrogens with zero attached hydrogens (tertiary/aromatic N) is 1. The van der Waals surface area contributed by atoms with Gasteiger partial charge in [0.15, 0.2) is 0 Å². The number of carbonyl (C=O) groups is 1. The second-order valence-electron chi connectivity index (χ2n) is 9.86. The van der Waals surface area contributed by atoms with Crippen molar-refractivity contribution in [3.8, 4) is 0 Å². The molecule has 2 aromatic carbocycles. The lowest BCUT2D eigenvalue weighted by Crippen LogP contribution is -2.48. The molecule has 0 unspecified atom stereocenters. The smallest absolute Gasteiger partial charge is 0.240 e. The van der Waals surface area contributed by atoms with E-state index in [-0.39, 0.29) is 34.6 Å². The highest BCUT2D eigenvalue weighted by molar-refractivity contribution is 7.89. The van der Waals surface area contributed by atoms with Crippen LogP contribution in [0.3, 0.4) is 0 Å². The SMILES string of the molecule is CCCC[C@H]1Cc2c([nH]c3ccc(F)cc23)[C@H](c2ccc(S(=O)(=O)NC3CCC3)cc2)N1C(=O)CCl. The molecule has 1 saturated carbocycles. The summed E-state index contributed by atoms with van der Waals surface area (Å²) < 4.78 is 42.6. The highest BCUT2D eigenvalue weighted by atomic mass is 35.5. The third kappa shape index (κ3) is 4.66. The molecule has 2 atom stereocenters. The van der Waals surface area contributed by atoms with Gasteiger partial charge in [-0.05, 0) is 67.1 Å². The number of halogens is 2. The number of aromatic nitrogens is 1. The summed E-state index contributed by atoms with van der Waals surface area (Å²) >= 11 is 6.08. The molecule has 9 heteroatoms. The average Bonchev–Trinajstić information content (AvgIpc) is 3.21. The van der Waals surface area contributed by atoms with Gasteiger partial charge < -0.3 is 9.88 Å². The molecular formula is C27H31ClFN3O3S. The fraction of sp³-hybridized carbons (Fsp3) is 0.444. The highest BCUT2D eigenvalue weighted by Gasteiger charge is 2.40. The van der Waals surface area contributed by atoms with E-state index in [1.54, 1.807) is 36.4 Å². The van der Waals surface area contributed by atoms with E-state index in [0.29, 0.717) is 6.42 Å². The Bertz CT molecular complexity index is 1370. The molecule has 1 aliphatic heterocycles. The number of sulfonamides is 1. The van der Waals surface area contributed by atoms with E-state index >= 15 is 0 Å². The van der Waals surface area contributed by atoms with Crippen molar-refractivity contribution in [1.29, 1.82) is 0 Å². The van der Waals surface area contributed by atoms with E-state index in [2.05, 4.69) is 16.6 Å². The number of amides is 1. The van der Waals surface area contributed by atoms with Crippen LogP contribution in [0.1, 0.15) is 68.3 Å². The van der Waals surface area contributed by atoms with Crippen molar-refractivity contribution in [2.45, 2.75) is 74.9 Å². The summed E-state index contributed by atoms with van der Waals surface area (Å²) in [6.45, 7) is 2.11. The summed E-state index contributed by atoms with van der Waals surface area (Å²) in [4.78, 5) is 18.7. The largest absolute Gasteiger partial charge is 0.356 e. The second kappa shape index (κ2) is 10.1. The lowest BCUT2D eigenvalue weighted by molar-refractivity contribution is -0.133. The van der Waals surface area contributed by atoms with Crippen LogP contribution < -0.4 is 4.72 Å². The summed E-state index contributed by atoms with van der Waals surface area (Å²) in [7, 11) is -3.61. The van der Waals surface area contributed by atoms with Crippen molar-refractivity contribution >= 4 is 38.4 Å². The Morgan fingerprint density at radius 3 is 2.58 bits per heavy atom. The van der Waals surface area contributed by atoms with Gasteiger partial charge in [-0.15, -0.1) is 11.6 Å². The van der Waals surface area contributed by atoms with Crippen molar-refractivity contribution in [1.82, 2.24) is 14.6 Å². The standard InChI is InChI=1S/C27H31ClFN3O3S/c1-2-3-7-20-15-23-22-14-18(29)10-13-24(22)30-26(23)27(32(20)25(33)16-28)17-8-11-21(12-9-17)36(34,35)31-19-5-4-6-19/h8-14,19-20,27,30-31H,2-7,15-16H2,1H3/t20-,27-/m0/s1. The van der Waals surface area contributed by atoms with E-state index in [9.17, 15) is 17.6 Å². The summed E-state index contributed by atoms with van der Waals surface area (Å²) in [5.41, 5.74) is 3.41. The van der Waals surface area contributed by atoms with Gasteiger partial charge in [0.05, 0.1) is 10.9 Å². The molecule has 3 aromatic rings. The monoisotopic (exact) mass is 531 g/mol. The Hall–Kier alpha value is -2.42. The zero-order chi connectivity index (χ0) is 25.4. The number of nitrogens with one attached hydrogen (secondary N) is 2. The number of benzene rings is 2. The fourth-order valence-corrected chi connectivity index (χ4v) is 6.89. The second-order valence-corrected chi connectivity index (χ2v) is 11.8. The number of hydrogen-bond acceptors (Lipinski definition) is 3. The van der Waals surface area contributed by atoms with E-state index in [0.717, 1.165) is 66.2 Å². The van der Waals surface area contributed by atoms with Crippen LogP contribution in [0.25, 0.3) is 10.9 Å². The first-order valence-electron chi connectivity index (χ1n) is 12.6. The van der Waals surface area contributed by atoms with Gasteiger partial charge in [-0.1, -0.05) is 38.3 Å². The third-order valence-corrected chi connectivity index (χ3v) is 9.28. The first-order valence-corrected chi connectivity index (χ1v) is 14.6. The molecule has 2 aliphatic rings. The lowest BCUT2D eigenvalue weighted by Gasteiger charge is -2.42. The van der Waals surface area contributed by atoms with Gasteiger partial charge in [0.2, 0.25) is 15.9 Å². The normalized spacial score (nSPS) is 20.4. The van der Waals surface area contributed by atoms with Gasteiger partial charge in [-0.3, -0.25) is 4.79 Å². The predicted octanol–water partition coefficient (Wildman–Crippen LogP) is 5.41. The van der Waals surface area contributed by atoms with Gasteiger partial charge in [0, 0.05) is 28.7 Å². The number of fused-ring (bicyclic) bond motifs is 3. The molecule has 0 saturated heterocycles. The molecule has 5 rings (SSSR count). The average molecular weight is 532 g/mol. The third-order valence-electron chi connectivity index (χ3n) is 7.51. The maximum atomic E-state index is 14.2. The highest BCUT2D eigenvalue weighted by Crippen LogP contribution is 2.42. The lowest BCUT2D eigenvalue weighted by atomic mass is 9.86. The Morgan fingerprint density at radius 1 is 1.19 bits per heavy atom. The minimum absolute atomic E-state index is 0.00141. The Kier molecular flexibility index (Phi) is 7.12. The summed E-state index contributed by atoms with van der Waals surface area (Å²) in [6.07, 6.45) is 6.09. The fourth-order valence-electron chi connectivity index (χ4n) is 5.45. The van der Waals surface area contributed by atoms with Gasteiger partial charge >= 0.3 is 0 Å². The van der Waals surface area contributed by atoms with Crippen molar-refractivity contribution in [3.63, 3.8) is 0 Å². The molecule has 0 radical (unpaired) electrons. The summed E-state index contributed by atoms with van der Waals surface area (Å²) in [6, 6.07) is 10.8. The van der Waals surface area contributed by atoms with Crippen molar-refractivity contribution in [3.05, 3.63) is 65.1 Å². The van der Waals surface area contributed by atoms with Crippen molar-refractivity contribution < 1.29 is 17.6 Å². The van der Waals surface area contributed by atoms with E-state index in [1.165, 1.54) is 6.07 Å². The molecule has 1 aliphatic carbocycles. The van der Waals surface area contributed by atoms with Crippen molar-refractivity contribution in [2.75, 3.05) is 5.88 Å². The molecule has 0 spiro atoms. The van der Waals surface area contributed by atoms with Crippen LogP contribution in [-0.4, -0.2) is 42.2 Å². The maximum Gasteiger partial charge on any atom is 0.240 e. The maximum absolute atomic E-state index is 14.2. The van der Waals surface area contributed by atoms with E-state index < -0.39 is 16.1 Å². The zero-order valence-electron chi connectivity index (χ0n) is 20.3. The van der Waals surface area contributed by atoms with Gasteiger partial charge in [0.25, 0.3) is 0 Å². The molecule has 2 N–H and O–H groups in total. The van der Waals surface area contributed by atoms with E-state index in [1.807, 2.05) is 4.90 Å². The molecule has 2 heterocycles.